The van der Waals surface area contributed by atoms with Crippen LogP contribution in [0.2, 0.25) is 0 Å². The van der Waals surface area contributed by atoms with Crippen molar-refractivity contribution in [1.82, 2.24) is 4.57 Å². The van der Waals surface area contributed by atoms with Crippen LogP contribution in [0.3, 0.4) is 0 Å². The number of rotatable bonds is 2. The highest BCUT2D eigenvalue weighted by Gasteiger charge is 2.08. The van der Waals surface area contributed by atoms with Crippen molar-refractivity contribution >= 4 is 0 Å². The van der Waals surface area contributed by atoms with E-state index in [0.29, 0.717) is 0 Å². The quantitative estimate of drug-likeness (QED) is 0.639. The van der Waals surface area contributed by atoms with Crippen LogP contribution < -0.4 is 0 Å². The minimum atomic E-state index is -0.248. The van der Waals surface area contributed by atoms with Gasteiger partial charge in [0.25, 0.3) is 0 Å². The molecule has 0 N–H and O–H groups in total. The van der Waals surface area contributed by atoms with Crippen molar-refractivity contribution in [3.8, 4) is 22.5 Å². The Hall–Kier alpha value is -2.42. The molecule has 3 aromatic rings. The van der Waals surface area contributed by atoms with E-state index in [4.69, 9.17) is 0 Å². The van der Waals surface area contributed by atoms with Crippen molar-refractivity contribution in [1.29, 1.82) is 0 Å². The molecule has 0 aliphatic heterocycles. The molecule has 2 aromatic carbocycles. The number of benzene rings is 2. The minimum absolute atomic E-state index is 0.248. The zero-order chi connectivity index (χ0) is 14.1. The van der Waals surface area contributed by atoms with Crippen LogP contribution in [0.25, 0.3) is 22.5 Å². The van der Waals surface area contributed by atoms with E-state index in [0.717, 1.165) is 22.5 Å². The van der Waals surface area contributed by atoms with Crippen LogP contribution in [0, 0.1) is 11.6 Å². The predicted octanol–water partition coefficient (Wildman–Crippen LogP) is 4.64. The Balaban J connectivity index is 2.04. The highest BCUT2D eigenvalue weighted by Crippen LogP contribution is 2.28. The first kappa shape index (κ1) is 12.6. The summed E-state index contributed by atoms with van der Waals surface area (Å²) < 4.78 is 28.0. The summed E-state index contributed by atoms with van der Waals surface area (Å²) in [5, 5.41) is 0. The Labute approximate surface area is 116 Å². The molecule has 0 aliphatic rings. The van der Waals surface area contributed by atoms with E-state index in [1.165, 1.54) is 24.3 Å². The van der Waals surface area contributed by atoms with Crippen LogP contribution in [0.1, 0.15) is 0 Å². The zero-order valence-corrected chi connectivity index (χ0v) is 11.0. The van der Waals surface area contributed by atoms with Crippen LogP contribution in [-0.2, 0) is 7.05 Å². The van der Waals surface area contributed by atoms with Crippen LogP contribution >= 0.6 is 0 Å². The highest BCUT2D eigenvalue weighted by molar-refractivity contribution is 5.69. The lowest BCUT2D eigenvalue weighted by molar-refractivity contribution is 0.627. The molecule has 3 heteroatoms. The number of nitrogens with zero attached hydrogens (tertiary/aromatic N) is 1. The predicted molar refractivity (Wildman–Crippen MR) is 76.2 cm³/mol. The second-order valence-corrected chi connectivity index (χ2v) is 4.68. The lowest BCUT2D eigenvalue weighted by atomic mass is 10.1. The lowest BCUT2D eigenvalue weighted by Crippen LogP contribution is -1.94. The van der Waals surface area contributed by atoms with Crippen molar-refractivity contribution < 1.29 is 8.78 Å². The average molecular weight is 269 g/mol. The van der Waals surface area contributed by atoms with E-state index in [1.807, 2.05) is 23.7 Å². The van der Waals surface area contributed by atoms with Crippen molar-refractivity contribution in [3.63, 3.8) is 0 Å². The lowest BCUT2D eigenvalue weighted by Gasteiger charge is -2.08. The summed E-state index contributed by atoms with van der Waals surface area (Å²) >= 11 is 0. The fourth-order valence-electron chi connectivity index (χ4n) is 2.33. The van der Waals surface area contributed by atoms with Crippen LogP contribution in [0.5, 0.6) is 0 Å². The zero-order valence-electron chi connectivity index (χ0n) is 11.0. The second kappa shape index (κ2) is 4.93. The number of hydrogen-bond donors (Lipinski definition) is 0. The van der Waals surface area contributed by atoms with E-state index in [2.05, 4.69) is 0 Å². The Morgan fingerprint density at radius 1 is 0.600 bits per heavy atom. The summed E-state index contributed by atoms with van der Waals surface area (Å²) in [5.74, 6) is -0.497. The normalized spacial score (nSPS) is 10.8. The van der Waals surface area contributed by atoms with E-state index < -0.39 is 0 Å². The molecule has 100 valence electrons. The highest BCUT2D eigenvalue weighted by atomic mass is 19.1. The summed E-state index contributed by atoms with van der Waals surface area (Å²) in [6.45, 7) is 0. The fraction of sp³-hybridized carbons (Fsp3) is 0.0588. The van der Waals surface area contributed by atoms with Gasteiger partial charge < -0.3 is 4.57 Å². The molecule has 0 aliphatic carbocycles. The van der Waals surface area contributed by atoms with Gasteiger partial charge in [-0.2, -0.15) is 0 Å². The molecule has 0 unspecified atom stereocenters. The summed E-state index contributed by atoms with van der Waals surface area (Å²) in [6, 6.07) is 16.7. The molecule has 0 fully saturated rings. The van der Waals surface area contributed by atoms with Gasteiger partial charge in [-0.15, -0.1) is 0 Å². The molecule has 0 bridgehead atoms. The number of aromatic nitrogens is 1. The summed E-state index contributed by atoms with van der Waals surface area (Å²) in [6.07, 6.45) is 0. The molecule has 0 saturated heterocycles. The Bertz CT molecular complexity index is 662. The number of halogens is 2. The third kappa shape index (κ3) is 2.23. The molecule has 3 rings (SSSR count). The van der Waals surface area contributed by atoms with Crippen LogP contribution in [0.4, 0.5) is 8.78 Å². The monoisotopic (exact) mass is 269 g/mol. The molecular weight excluding hydrogens is 256 g/mol. The van der Waals surface area contributed by atoms with E-state index in [1.54, 1.807) is 24.3 Å². The smallest absolute Gasteiger partial charge is 0.123 e. The largest absolute Gasteiger partial charge is 0.344 e. The van der Waals surface area contributed by atoms with E-state index in [9.17, 15) is 8.78 Å². The molecular formula is C17H13F2N. The summed E-state index contributed by atoms with van der Waals surface area (Å²) in [5.41, 5.74) is 3.87. The van der Waals surface area contributed by atoms with Crippen molar-refractivity contribution in [2.75, 3.05) is 0 Å². The van der Waals surface area contributed by atoms with Crippen molar-refractivity contribution in [2.24, 2.45) is 7.05 Å². The molecule has 1 aromatic heterocycles. The van der Waals surface area contributed by atoms with Gasteiger partial charge in [0.05, 0.1) is 0 Å². The molecule has 0 saturated carbocycles. The molecule has 1 nitrogen and oxygen atoms in total. The average Bonchev–Trinajstić information content (AvgIpc) is 2.83. The maximum absolute atomic E-state index is 13.0. The Morgan fingerprint density at radius 2 is 0.950 bits per heavy atom. The van der Waals surface area contributed by atoms with Gasteiger partial charge in [0, 0.05) is 18.4 Å². The van der Waals surface area contributed by atoms with E-state index in [-0.39, 0.29) is 11.6 Å². The maximum Gasteiger partial charge on any atom is 0.123 e. The Morgan fingerprint density at radius 3 is 1.30 bits per heavy atom. The molecule has 0 spiro atoms. The molecule has 20 heavy (non-hydrogen) atoms. The van der Waals surface area contributed by atoms with Gasteiger partial charge in [0.1, 0.15) is 11.6 Å². The van der Waals surface area contributed by atoms with Crippen molar-refractivity contribution in [3.05, 3.63) is 72.3 Å². The van der Waals surface area contributed by atoms with Gasteiger partial charge in [0.2, 0.25) is 0 Å². The third-order valence-electron chi connectivity index (χ3n) is 3.40. The fourth-order valence-corrected chi connectivity index (χ4v) is 2.33. The third-order valence-corrected chi connectivity index (χ3v) is 3.40. The van der Waals surface area contributed by atoms with E-state index >= 15 is 0 Å². The number of hydrogen-bond acceptors (Lipinski definition) is 0. The standard InChI is InChI=1S/C17H13F2N/c1-20-16(12-2-6-14(18)7-3-12)10-11-17(20)13-4-8-15(19)9-5-13/h2-11H,1H3. The van der Waals surface area contributed by atoms with Crippen molar-refractivity contribution in [2.45, 2.75) is 0 Å². The van der Waals surface area contributed by atoms with Gasteiger partial charge in [0.15, 0.2) is 0 Å². The van der Waals surface area contributed by atoms with Gasteiger partial charge in [-0.3, -0.25) is 0 Å². The van der Waals surface area contributed by atoms with Gasteiger partial charge >= 0.3 is 0 Å². The SMILES string of the molecule is Cn1c(-c2ccc(F)cc2)ccc1-c1ccc(F)cc1. The van der Waals surface area contributed by atoms with Gasteiger partial charge in [-0.05, 0) is 71.8 Å². The molecule has 0 atom stereocenters. The molecule has 1 heterocycles. The first-order valence-electron chi connectivity index (χ1n) is 6.33. The maximum atomic E-state index is 13.0. The Kier molecular flexibility index (Phi) is 3.11. The minimum Gasteiger partial charge on any atom is -0.344 e. The van der Waals surface area contributed by atoms with Gasteiger partial charge in [-0.1, -0.05) is 0 Å². The van der Waals surface area contributed by atoms with Gasteiger partial charge in [-0.25, -0.2) is 8.78 Å². The first-order chi connectivity index (χ1) is 9.65. The first-order valence-corrected chi connectivity index (χ1v) is 6.33. The van der Waals surface area contributed by atoms with Crippen LogP contribution in [0.15, 0.2) is 60.7 Å². The van der Waals surface area contributed by atoms with Crippen LogP contribution in [-0.4, -0.2) is 4.57 Å². The second-order valence-electron chi connectivity index (χ2n) is 4.68. The topological polar surface area (TPSA) is 4.93 Å². The summed E-state index contributed by atoms with van der Waals surface area (Å²) in [7, 11) is 1.94. The molecule has 0 amide bonds. The molecule has 0 radical (unpaired) electrons. The summed E-state index contributed by atoms with van der Waals surface area (Å²) in [4.78, 5) is 0.